The Labute approximate surface area is 213 Å². The van der Waals surface area contributed by atoms with Crippen molar-refractivity contribution >= 4 is 10.8 Å². The first-order valence-electron chi connectivity index (χ1n) is 12.6. The molecule has 0 amide bonds. The lowest BCUT2D eigenvalue weighted by Crippen LogP contribution is -2.37. The van der Waals surface area contributed by atoms with Gasteiger partial charge in [0.05, 0.1) is 5.41 Å². The molecule has 0 unspecified atom stereocenters. The van der Waals surface area contributed by atoms with E-state index in [0.29, 0.717) is 0 Å². The summed E-state index contributed by atoms with van der Waals surface area (Å²) in [4.78, 5) is 0. The second-order valence-electron chi connectivity index (χ2n) is 9.32. The molecule has 0 heterocycles. The molecule has 0 spiro atoms. The van der Waals surface area contributed by atoms with Crippen molar-refractivity contribution in [2.45, 2.75) is 11.3 Å². The molecule has 36 heavy (non-hydrogen) atoms. The Balaban J connectivity index is 1.83. The molecule has 0 aliphatic rings. The zero-order valence-corrected chi connectivity index (χ0v) is 20.2. The van der Waals surface area contributed by atoms with Gasteiger partial charge in [0.25, 0.3) is 0 Å². The van der Waals surface area contributed by atoms with Gasteiger partial charge in [-0.3, -0.25) is 0 Å². The molecule has 6 rings (SSSR count). The third kappa shape index (κ3) is 3.72. The molecule has 0 atom stereocenters. The summed E-state index contributed by atoms with van der Waals surface area (Å²) in [7, 11) is 0. The fraction of sp³-hybridized carbons (Fsp3) is 0.0556. The van der Waals surface area contributed by atoms with Crippen molar-refractivity contribution in [2.75, 3.05) is 0 Å². The summed E-state index contributed by atoms with van der Waals surface area (Å²) < 4.78 is 0. The molecule has 0 bridgehead atoms. The Hall–Kier alpha value is -4.42. The first kappa shape index (κ1) is 22.1. The van der Waals surface area contributed by atoms with Crippen LogP contribution in [0.1, 0.15) is 33.7 Å². The Morgan fingerprint density at radius 3 is 1.31 bits per heavy atom. The molecule has 0 saturated carbocycles. The van der Waals surface area contributed by atoms with Crippen LogP contribution < -0.4 is 0 Å². The summed E-state index contributed by atoms with van der Waals surface area (Å²) in [6.07, 6.45) is 0. The van der Waals surface area contributed by atoms with E-state index in [2.05, 4.69) is 164 Å². The van der Waals surface area contributed by atoms with E-state index in [4.69, 9.17) is 0 Å². The minimum absolute atomic E-state index is 0.0514. The first-order valence-corrected chi connectivity index (χ1v) is 12.6. The van der Waals surface area contributed by atoms with Crippen LogP contribution in [-0.2, 0) is 5.41 Å². The topological polar surface area (TPSA) is 0 Å². The van der Waals surface area contributed by atoms with Crippen molar-refractivity contribution in [1.82, 2.24) is 0 Å². The summed E-state index contributed by atoms with van der Waals surface area (Å²) in [6.45, 7) is 0. The van der Waals surface area contributed by atoms with Gasteiger partial charge in [-0.05, 0) is 38.6 Å². The Morgan fingerprint density at radius 1 is 0.361 bits per heavy atom. The third-order valence-corrected chi connectivity index (χ3v) is 7.37. The van der Waals surface area contributed by atoms with Crippen LogP contribution in [0.15, 0.2) is 164 Å². The average molecular weight is 461 g/mol. The van der Waals surface area contributed by atoms with Gasteiger partial charge in [0, 0.05) is 5.92 Å². The SMILES string of the molecule is c1ccc(C(c2ccccc2)C(c2ccccc2)(c2ccccc2)c2cccc3ccccc23)cc1. The minimum atomic E-state index is -0.466. The highest BCUT2D eigenvalue weighted by Gasteiger charge is 2.46. The van der Waals surface area contributed by atoms with Gasteiger partial charge in [0.15, 0.2) is 0 Å². The minimum Gasteiger partial charge on any atom is -0.0622 e. The molecule has 6 aromatic rings. The third-order valence-electron chi connectivity index (χ3n) is 7.37. The number of fused-ring (bicyclic) bond motifs is 1. The van der Waals surface area contributed by atoms with E-state index < -0.39 is 5.41 Å². The van der Waals surface area contributed by atoms with E-state index in [1.54, 1.807) is 0 Å². The lowest BCUT2D eigenvalue weighted by molar-refractivity contribution is 0.541. The molecule has 0 aliphatic heterocycles. The van der Waals surface area contributed by atoms with Crippen LogP contribution >= 0.6 is 0 Å². The maximum atomic E-state index is 2.33. The van der Waals surface area contributed by atoms with Crippen molar-refractivity contribution in [3.05, 3.63) is 192 Å². The van der Waals surface area contributed by atoms with E-state index in [1.807, 2.05) is 0 Å². The Kier molecular flexibility index (Phi) is 5.93. The highest BCUT2D eigenvalue weighted by atomic mass is 14.5. The van der Waals surface area contributed by atoms with Gasteiger partial charge in [0.1, 0.15) is 0 Å². The van der Waals surface area contributed by atoms with Gasteiger partial charge in [0.2, 0.25) is 0 Å². The Bertz CT molecular complexity index is 1470. The molecular formula is C36H28. The van der Waals surface area contributed by atoms with Crippen LogP contribution in [0.4, 0.5) is 0 Å². The van der Waals surface area contributed by atoms with Gasteiger partial charge in [-0.2, -0.15) is 0 Å². The van der Waals surface area contributed by atoms with Crippen molar-refractivity contribution in [3.63, 3.8) is 0 Å². The highest BCUT2D eigenvalue weighted by molar-refractivity contribution is 5.88. The van der Waals surface area contributed by atoms with Crippen LogP contribution in [0, 0.1) is 0 Å². The van der Waals surface area contributed by atoms with E-state index in [1.165, 1.54) is 38.6 Å². The fourth-order valence-corrected chi connectivity index (χ4v) is 5.92. The number of rotatable bonds is 6. The molecule has 0 saturated heterocycles. The quantitative estimate of drug-likeness (QED) is 0.218. The largest absolute Gasteiger partial charge is 0.0622 e. The predicted octanol–water partition coefficient (Wildman–Crippen LogP) is 9.01. The Morgan fingerprint density at radius 2 is 0.778 bits per heavy atom. The molecule has 172 valence electrons. The summed E-state index contributed by atoms with van der Waals surface area (Å²) in [5.74, 6) is 0.0514. The zero-order chi connectivity index (χ0) is 24.2. The summed E-state index contributed by atoms with van der Waals surface area (Å²) in [6, 6.07) is 59.7. The van der Waals surface area contributed by atoms with Gasteiger partial charge in [-0.1, -0.05) is 164 Å². The monoisotopic (exact) mass is 460 g/mol. The van der Waals surface area contributed by atoms with Crippen molar-refractivity contribution in [3.8, 4) is 0 Å². The molecule has 0 heteroatoms. The van der Waals surface area contributed by atoms with Crippen LogP contribution in [0.3, 0.4) is 0 Å². The zero-order valence-electron chi connectivity index (χ0n) is 20.2. The van der Waals surface area contributed by atoms with Crippen LogP contribution in [0.5, 0.6) is 0 Å². The fourth-order valence-electron chi connectivity index (χ4n) is 5.92. The number of hydrogen-bond acceptors (Lipinski definition) is 0. The molecule has 0 nitrogen and oxygen atoms in total. The molecule has 0 N–H and O–H groups in total. The van der Waals surface area contributed by atoms with Crippen molar-refractivity contribution in [2.24, 2.45) is 0 Å². The van der Waals surface area contributed by atoms with Gasteiger partial charge in [-0.25, -0.2) is 0 Å². The van der Waals surface area contributed by atoms with Gasteiger partial charge >= 0.3 is 0 Å². The van der Waals surface area contributed by atoms with Crippen LogP contribution in [0.25, 0.3) is 10.8 Å². The smallest absolute Gasteiger partial charge is 0.0566 e. The number of benzene rings is 6. The normalized spacial score (nSPS) is 11.6. The second kappa shape index (κ2) is 9.68. The predicted molar refractivity (Wildman–Crippen MR) is 151 cm³/mol. The van der Waals surface area contributed by atoms with Crippen LogP contribution in [-0.4, -0.2) is 0 Å². The summed E-state index contributed by atoms with van der Waals surface area (Å²) >= 11 is 0. The lowest BCUT2D eigenvalue weighted by atomic mass is 9.57. The summed E-state index contributed by atoms with van der Waals surface area (Å²) in [5, 5.41) is 2.54. The molecule has 0 radical (unpaired) electrons. The van der Waals surface area contributed by atoms with Gasteiger partial charge < -0.3 is 0 Å². The molecular weight excluding hydrogens is 432 g/mol. The van der Waals surface area contributed by atoms with Gasteiger partial charge in [-0.15, -0.1) is 0 Å². The summed E-state index contributed by atoms with van der Waals surface area (Å²) in [5.41, 5.74) is 6.01. The maximum Gasteiger partial charge on any atom is 0.0566 e. The highest BCUT2D eigenvalue weighted by Crippen LogP contribution is 2.54. The second-order valence-corrected chi connectivity index (χ2v) is 9.32. The number of hydrogen-bond donors (Lipinski definition) is 0. The van der Waals surface area contributed by atoms with Crippen LogP contribution in [0.2, 0.25) is 0 Å². The molecule has 6 aromatic carbocycles. The molecule has 0 aromatic heterocycles. The lowest BCUT2D eigenvalue weighted by Gasteiger charge is -2.44. The van der Waals surface area contributed by atoms with E-state index in [-0.39, 0.29) is 5.92 Å². The average Bonchev–Trinajstić information content (AvgIpc) is 2.97. The standard InChI is InChI=1S/C36H28/c1-5-17-29(18-6-1)35(30-19-7-2-8-20-30)36(31-22-9-3-10-23-31,32-24-11-4-12-25-32)34-27-15-21-28-16-13-14-26-33(28)34/h1-27,35H. The van der Waals surface area contributed by atoms with E-state index in [9.17, 15) is 0 Å². The van der Waals surface area contributed by atoms with Crippen molar-refractivity contribution in [1.29, 1.82) is 0 Å². The molecule has 0 fully saturated rings. The molecule has 0 aliphatic carbocycles. The van der Waals surface area contributed by atoms with Crippen molar-refractivity contribution < 1.29 is 0 Å². The maximum absolute atomic E-state index is 2.33. The van der Waals surface area contributed by atoms with E-state index >= 15 is 0 Å². The first-order chi connectivity index (χ1) is 17.9. The van der Waals surface area contributed by atoms with E-state index in [0.717, 1.165) is 0 Å².